The predicted octanol–water partition coefficient (Wildman–Crippen LogP) is 23.1. The van der Waals surface area contributed by atoms with Crippen LogP contribution in [0.15, 0.2) is 60.8 Å². The Labute approximate surface area is 479 Å². The van der Waals surface area contributed by atoms with Gasteiger partial charge in [-0.05, 0) is 64.2 Å². The molecule has 6 heteroatoms. The summed E-state index contributed by atoms with van der Waals surface area (Å²) in [6, 6.07) is 0. The van der Waals surface area contributed by atoms with Crippen molar-refractivity contribution >= 4 is 17.9 Å². The van der Waals surface area contributed by atoms with Crippen LogP contribution in [-0.2, 0) is 28.6 Å². The van der Waals surface area contributed by atoms with Crippen LogP contribution < -0.4 is 0 Å². The molecule has 0 aliphatic carbocycles. The molecule has 448 valence electrons. The molecule has 77 heavy (non-hydrogen) atoms. The summed E-state index contributed by atoms with van der Waals surface area (Å²) in [5.74, 6) is -0.855. The first-order valence-corrected chi connectivity index (χ1v) is 33.8. The van der Waals surface area contributed by atoms with Crippen molar-refractivity contribution in [2.75, 3.05) is 13.2 Å². The largest absolute Gasteiger partial charge is 0.462 e. The second kappa shape index (κ2) is 65.6. The Balaban J connectivity index is 4.23. The molecule has 6 nitrogen and oxygen atoms in total. The lowest BCUT2D eigenvalue weighted by Gasteiger charge is -2.18. The molecule has 1 atom stereocenters. The monoisotopic (exact) mass is 1080 g/mol. The van der Waals surface area contributed by atoms with Gasteiger partial charge in [-0.1, -0.05) is 332 Å². The average Bonchev–Trinajstić information content (AvgIpc) is 3.43. The minimum absolute atomic E-state index is 0.0708. The fourth-order valence-electron chi connectivity index (χ4n) is 10.0. The lowest BCUT2D eigenvalue weighted by Crippen LogP contribution is -2.30. The zero-order valence-electron chi connectivity index (χ0n) is 51.5. The van der Waals surface area contributed by atoms with Crippen LogP contribution in [-0.4, -0.2) is 37.2 Å². The molecule has 0 saturated heterocycles. The summed E-state index contributed by atoms with van der Waals surface area (Å²) in [4.78, 5) is 38.3. The van der Waals surface area contributed by atoms with Gasteiger partial charge in [0.25, 0.3) is 0 Å². The molecule has 0 rings (SSSR count). The van der Waals surface area contributed by atoms with Gasteiger partial charge < -0.3 is 14.2 Å². The zero-order valence-corrected chi connectivity index (χ0v) is 51.5. The Morgan fingerprint density at radius 1 is 0.273 bits per heavy atom. The van der Waals surface area contributed by atoms with Crippen LogP contribution in [0, 0.1) is 0 Å². The molecule has 0 bridgehead atoms. The topological polar surface area (TPSA) is 78.9 Å². The summed E-state index contributed by atoms with van der Waals surface area (Å²) in [5.41, 5.74) is 0. The van der Waals surface area contributed by atoms with Crippen molar-refractivity contribution in [3.05, 3.63) is 60.8 Å². The number of hydrogen-bond acceptors (Lipinski definition) is 6. The van der Waals surface area contributed by atoms with Crippen molar-refractivity contribution < 1.29 is 28.6 Å². The number of hydrogen-bond donors (Lipinski definition) is 0. The van der Waals surface area contributed by atoms with Crippen LogP contribution in [0.1, 0.15) is 355 Å². The normalized spacial score (nSPS) is 12.4. The molecule has 0 amide bonds. The molecule has 0 aliphatic heterocycles. The summed E-state index contributed by atoms with van der Waals surface area (Å²) < 4.78 is 16.9. The van der Waals surface area contributed by atoms with E-state index in [-0.39, 0.29) is 31.1 Å². The number of carbonyl (C=O) groups is 3. The van der Waals surface area contributed by atoms with E-state index in [0.29, 0.717) is 19.3 Å². The number of esters is 3. The Morgan fingerprint density at radius 3 is 0.792 bits per heavy atom. The van der Waals surface area contributed by atoms with E-state index in [1.807, 2.05) is 0 Å². The fourth-order valence-corrected chi connectivity index (χ4v) is 10.0. The van der Waals surface area contributed by atoms with Gasteiger partial charge >= 0.3 is 17.9 Å². The van der Waals surface area contributed by atoms with Gasteiger partial charge in [-0.3, -0.25) is 14.4 Å². The van der Waals surface area contributed by atoms with Crippen LogP contribution in [0.3, 0.4) is 0 Å². The standard InChI is InChI=1S/C71H128O6/c1-4-7-10-13-16-19-22-24-26-28-30-32-34-35-37-38-40-42-44-46-49-52-55-58-61-64-70(73)76-67-68(66-75-69(72)63-60-57-54-51-48-21-18-15-12-9-6-3)77-71(74)65-62-59-56-53-50-47-45-43-41-39-36-33-31-29-27-25-23-20-17-14-11-8-5-2/h7,10,16,19,24,26,30,32,35,37,68H,4-6,8-9,11-15,17-18,20-23,25,27-29,31,33-34,36,38-67H2,1-3H3/b10-7-,19-16-,26-24-,32-30-,37-35-. The molecular weight excluding hydrogens is 949 g/mol. The van der Waals surface area contributed by atoms with Gasteiger partial charge in [-0.25, -0.2) is 0 Å². The Hall–Kier alpha value is -2.89. The molecular formula is C71H128O6. The van der Waals surface area contributed by atoms with Crippen molar-refractivity contribution in [1.82, 2.24) is 0 Å². The lowest BCUT2D eigenvalue weighted by molar-refractivity contribution is -0.167. The van der Waals surface area contributed by atoms with E-state index in [9.17, 15) is 14.4 Å². The first kappa shape index (κ1) is 74.1. The Bertz CT molecular complexity index is 1380. The van der Waals surface area contributed by atoms with Gasteiger partial charge in [0.1, 0.15) is 13.2 Å². The molecule has 0 saturated carbocycles. The highest BCUT2D eigenvalue weighted by atomic mass is 16.6. The van der Waals surface area contributed by atoms with E-state index in [4.69, 9.17) is 14.2 Å². The molecule has 1 unspecified atom stereocenters. The van der Waals surface area contributed by atoms with Crippen molar-refractivity contribution in [2.45, 2.75) is 361 Å². The maximum Gasteiger partial charge on any atom is 0.306 e. The second-order valence-corrected chi connectivity index (χ2v) is 22.7. The summed E-state index contributed by atoms with van der Waals surface area (Å²) in [6.07, 6.45) is 83.8. The average molecular weight is 1080 g/mol. The van der Waals surface area contributed by atoms with Crippen LogP contribution in [0.5, 0.6) is 0 Å². The maximum absolute atomic E-state index is 12.9. The molecule has 0 radical (unpaired) electrons. The summed E-state index contributed by atoms with van der Waals surface area (Å²) in [5, 5.41) is 0. The lowest BCUT2D eigenvalue weighted by atomic mass is 10.0. The van der Waals surface area contributed by atoms with E-state index in [1.54, 1.807) is 0 Å². The van der Waals surface area contributed by atoms with Crippen molar-refractivity contribution in [3.63, 3.8) is 0 Å². The number of unbranched alkanes of at least 4 members (excludes halogenated alkanes) is 41. The van der Waals surface area contributed by atoms with Gasteiger partial charge in [-0.2, -0.15) is 0 Å². The molecule has 0 aliphatic rings. The second-order valence-electron chi connectivity index (χ2n) is 22.7. The van der Waals surface area contributed by atoms with Gasteiger partial charge in [0.15, 0.2) is 6.10 Å². The van der Waals surface area contributed by atoms with Crippen molar-refractivity contribution in [2.24, 2.45) is 0 Å². The molecule has 0 aromatic carbocycles. The first-order chi connectivity index (χ1) is 38.0. The summed E-state index contributed by atoms with van der Waals surface area (Å²) in [6.45, 7) is 6.57. The quantitative estimate of drug-likeness (QED) is 0.0261. The summed E-state index contributed by atoms with van der Waals surface area (Å²) >= 11 is 0. The molecule has 0 N–H and O–H groups in total. The van der Waals surface area contributed by atoms with E-state index in [2.05, 4.69) is 81.5 Å². The highest BCUT2D eigenvalue weighted by Gasteiger charge is 2.19. The smallest absolute Gasteiger partial charge is 0.306 e. The van der Waals surface area contributed by atoms with E-state index >= 15 is 0 Å². The van der Waals surface area contributed by atoms with E-state index in [1.165, 1.54) is 218 Å². The molecule has 0 aromatic heterocycles. The molecule has 0 spiro atoms. The Kier molecular flexibility index (Phi) is 63.2. The zero-order chi connectivity index (χ0) is 55.7. The maximum atomic E-state index is 12.9. The number of allylic oxidation sites excluding steroid dienone is 10. The SMILES string of the molecule is CC/C=C\C/C=C\C/C=C\C/C=C\C/C=C\CCCCCCCCCCCC(=O)OCC(COC(=O)CCCCCCCCCCCCC)OC(=O)CCCCCCCCCCCCCCCCCCCCCCCCC. The van der Waals surface area contributed by atoms with Crippen LogP contribution >= 0.6 is 0 Å². The van der Waals surface area contributed by atoms with Gasteiger partial charge in [-0.15, -0.1) is 0 Å². The fraction of sp³-hybridized carbons (Fsp3) is 0.817. The molecule has 0 aromatic rings. The first-order valence-electron chi connectivity index (χ1n) is 33.8. The number of carbonyl (C=O) groups excluding carboxylic acids is 3. The Morgan fingerprint density at radius 2 is 0.506 bits per heavy atom. The third-order valence-corrected chi connectivity index (χ3v) is 15.0. The molecule has 0 fully saturated rings. The van der Waals surface area contributed by atoms with Gasteiger partial charge in [0, 0.05) is 19.3 Å². The predicted molar refractivity (Wildman–Crippen MR) is 335 cm³/mol. The third-order valence-electron chi connectivity index (χ3n) is 15.0. The van der Waals surface area contributed by atoms with Crippen molar-refractivity contribution in [3.8, 4) is 0 Å². The van der Waals surface area contributed by atoms with Gasteiger partial charge in [0.2, 0.25) is 0 Å². The van der Waals surface area contributed by atoms with E-state index in [0.717, 1.165) is 96.3 Å². The van der Waals surface area contributed by atoms with E-state index < -0.39 is 6.10 Å². The third kappa shape index (κ3) is 63.8. The number of rotatable bonds is 62. The number of ether oxygens (including phenoxy) is 3. The van der Waals surface area contributed by atoms with Crippen LogP contribution in [0.25, 0.3) is 0 Å². The molecule has 0 heterocycles. The van der Waals surface area contributed by atoms with Crippen molar-refractivity contribution in [1.29, 1.82) is 0 Å². The van der Waals surface area contributed by atoms with Crippen LogP contribution in [0.2, 0.25) is 0 Å². The minimum atomic E-state index is -0.774. The highest BCUT2D eigenvalue weighted by Crippen LogP contribution is 2.18. The highest BCUT2D eigenvalue weighted by molar-refractivity contribution is 5.71. The summed E-state index contributed by atoms with van der Waals surface area (Å²) in [7, 11) is 0. The van der Waals surface area contributed by atoms with Gasteiger partial charge in [0.05, 0.1) is 0 Å². The minimum Gasteiger partial charge on any atom is -0.462 e. The van der Waals surface area contributed by atoms with Crippen LogP contribution in [0.4, 0.5) is 0 Å².